The summed E-state index contributed by atoms with van der Waals surface area (Å²) in [7, 11) is 1.81. The van der Waals surface area contributed by atoms with E-state index >= 15 is 0 Å². The van der Waals surface area contributed by atoms with Crippen LogP contribution in [0.25, 0.3) is 45.4 Å². The number of rotatable bonds is 8. The fourth-order valence-corrected chi connectivity index (χ4v) is 5.87. The van der Waals surface area contributed by atoms with E-state index in [4.69, 9.17) is 4.74 Å². The Morgan fingerprint density at radius 3 is 1.69 bits per heavy atom. The third kappa shape index (κ3) is 8.14. The molecule has 20 heteroatoms. The Kier molecular flexibility index (Phi) is 10.1. The van der Waals surface area contributed by atoms with E-state index in [9.17, 15) is 0 Å². The van der Waals surface area contributed by atoms with Crippen molar-refractivity contribution in [3.05, 3.63) is 123 Å². The van der Waals surface area contributed by atoms with Gasteiger partial charge in [0.05, 0.1) is 46.8 Å². The second-order valence-corrected chi connectivity index (χ2v) is 14.1. The molecule has 7 aromatic heterocycles. The van der Waals surface area contributed by atoms with Crippen molar-refractivity contribution in [3.63, 3.8) is 0 Å². The Morgan fingerprint density at radius 2 is 1.15 bits per heavy atom. The zero-order valence-corrected chi connectivity index (χ0v) is 32.6. The molecule has 266 valence electrons. The van der Waals surface area contributed by atoms with Gasteiger partial charge in [-0.2, -0.15) is 10.1 Å². The molecule has 2 aromatic carbocycles. The lowest BCUT2D eigenvalue weighted by Crippen LogP contribution is -2.04. The van der Waals surface area contributed by atoms with Crippen LogP contribution in [-0.2, 0) is 20.1 Å². The molecule has 9 rings (SSSR count). The van der Waals surface area contributed by atoms with Crippen LogP contribution in [0.5, 0.6) is 11.6 Å². The molecule has 0 N–H and O–H groups in total. The summed E-state index contributed by atoms with van der Waals surface area (Å²) in [4.78, 5) is 34.7. The summed E-state index contributed by atoms with van der Waals surface area (Å²) in [6.07, 6.45) is 13.4. The first-order chi connectivity index (χ1) is 26.3. The van der Waals surface area contributed by atoms with Gasteiger partial charge in [-0.1, -0.05) is 46.8 Å². The largest absolute Gasteiger partial charge is 0.434 e. The fourth-order valence-electron chi connectivity index (χ4n) is 5.19. The Labute approximate surface area is 330 Å². The van der Waals surface area contributed by atoms with Crippen LogP contribution >= 0.6 is 47.8 Å². The first-order valence-electron chi connectivity index (χ1n) is 15.9. The summed E-state index contributed by atoms with van der Waals surface area (Å²) in [5.41, 5.74) is 6.04. The van der Waals surface area contributed by atoms with E-state index in [-0.39, 0.29) is 0 Å². The number of benzene rings is 2. The van der Waals surface area contributed by atoms with Crippen LogP contribution in [0.3, 0.4) is 0 Å². The normalized spacial score (nSPS) is 11.1. The average Bonchev–Trinajstić information content (AvgIpc) is 3.91. The molecule has 9 aromatic rings. The van der Waals surface area contributed by atoms with Crippen LogP contribution in [0.1, 0.15) is 11.1 Å². The minimum atomic E-state index is 0.344. The molecule has 0 unspecified atom stereocenters. The summed E-state index contributed by atoms with van der Waals surface area (Å²) in [6, 6.07) is 15.9. The zero-order chi connectivity index (χ0) is 37.0. The molecule has 0 saturated carbocycles. The second-order valence-electron chi connectivity index (χ2n) is 11.5. The van der Waals surface area contributed by atoms with Crippen LogP contribution in [0.15, 0.2) is 112 Å². The van der Waals surface area contributed by atoms with Crippen molar-refractivity contribution in [2.75, 3.05) is 0 Å². The van der Waals surface area contributed by atoms with Gasteiger partial charge >= 0.3 is 0 Å². The van der Waals surface area contributed by atoms with Crippen molar-refractivity contribution >= 4 is 70.4 Å². The zero-order valence-electron chi connectivity index (χ0n) is 27.8. The van der Waals surface area contributed by atoms with E-state index in [1.165, 1.54) is 6.20 Å². The number of hydrogen-bond acceptors (Lipinski definition) is 14. The van der Waals surface area contributed by atoms with E-state index in [1.54, 1.807) is 57.4 Å². The van der Waals surface area contributed by atoms with Gasteiger partial charge in [0.1, 0.15) is 4.60 Å². The maximum absolute atomic E-state index is 5.72. The van der Waals surface area contributed by atoms with Gasteiger partial charge in [-0.15, -0.1) is 10.2 Å². The molecule has 7 heterocycles. The van der Waals surface area contributed by atoms with Gasteiger partial charge in [0, 0.05) is 43.0 Å². The van der Waals surface area contributed by atoms with Gasteiger partial charge in [0.15, 0.2) is 23.0 Å². The highest BCUT2D eigenvalue weighted by Crippen LogP contribution is 2.22. The minimum absolute atomic E-state index is 0.344. The van der Waals surface area contributed by atoms with Gasteiger partial charge in [0.25, 0.3) is 0 Å². The number of aryl methyl sites for hydroxylation is 1. The fraction of sp³-hybridized carbons (Fsp3) is 0.0882. The summed E-state index contributed by atoms with van der Waals surface area (Å²) >= 11 is 10.0. The summed E-state index contributed by atoms with van der Waals surface area (Å²) in [6.45, 7) is 0.998. The maximum atomic E-state index is 5.72. The lowest BCUT2D eigenvalue weighted by molar-refractivity contribution is 0.461. The van der Waals surface area contributed by atoms with E-state index in [2.05, 4.69) is 113 Å². The predicted molar refractivity (Wildman–Crippen MR) is 206 cm³/mol. The molecule has 17 nitrogen and oxygen atoms in total. The molecule has 54 heavy (non-hydrogen) atoms. The van der Waals surface area contributed by atoms with Crippen molar-refractivity contribution in [1.29, 1.82) is 0 Å². The number of hydrogen-bond donors (Lipinski definition) is 0. The van der Waals surface area contributed by atoms with Crippen LogP contribution < -0.4 is 4.74 Å². The van der Waals surface area contributed by atoms with E-state index in [0.717, 1.165) is 31.2 Å². The van der Waals surface area contributed by atoms with Gasteiger partial charge < -0.3 is 4.74 Å². The SMILES string of the molecule is Brc1cnc(-c2cccc(Cn3nnc4ncc(Br)nc43)c2)nc1.Cn1cc(Oc2cnc3nnn(Cc4cccc(-c5ncc(Br)cn5)c4)c3n2)cn1. The molecule has 0 radical (unpaired) electrons. The Balaban J connectivity index is 0.000000157. The standard InChI is InChI=1S/C19H14BrN9O.C15H9Br2N7/c1-28-11-15(8-24-28)30-16-9-23-18-19(25-16)29(27-26-18)10-12-3-2-4-13(5-12)17-21-6-14(20)7-22-17;16-11-5-18-13(19-6-11)10-3-1-2-9(4-10)8-24-15-14(22-23-24)20-7-12(17)21-15/h2-9,11H,10H2,1H3;1-7H,8H2. The quantitative estimate of drug-likeness (QED) is 0.166. The van der Waals surface area contributed by atoms with E-state index < -0.39 is 0 Å². The molecule has 0 amide bonds. The molecule has 0 bridgehead atoms. The lowest BCUT2D eigenvalue weighted by atomic mass is 10.1. The van der Waals surface area contributed by atoms with Crippen molar-refractivity contribution < 1.29 is 4.74 Å². The molecule has 0 spiro atoms. The Morgan fingerprint density at radius 1 is 0.611 bits per heavy atom. The second kappa shape index (κ2) is 15.5. The molecule has 0 aliphatic carbocycles. The molecule has 0 aliphatic heterocycles. The van der Waals surface area contributed by atoms with Gasteiger partial charge in [-0.25, -0.2) is 44.3 Å². The Bertz CT molecular complexity index is 2720. The smallest absolute Gasteiger partial charge is 0.240 e. The highest BCUT2D eigenvalue weighted by Gasteiger charge is 2.13. The highest BCUT2D eigenvalue weighted by atomic mass is 79.9. The molecular weight excluding hydrogens is 888 g/mol. The van der Waals surface area contributed by atoms with Crippen LogP contribution in [0.2, 0.25) is 0 Å². The van der Waals surface area contributed by atoms with Gasteiger partial charge in [-0.05, 0) is 71.0 Å². The molecule has 0 saturated heterocycles. The lowest BCUT2D eigenvalue weighted by Gasteiger charge is -2.06. The molecule has 0 atom stereocenters. The number of ether oxygens (including phenoxy) is 1. The maximum Gasteiger partial charge on any atom is 0.240 e. The average molecular weight is 911 g/mol. The topological polar surface area (TPSA) is 192 Å². The number of halogens is 3. The van der Waals surface area contributed by atoms with Crippen LogP contribution in [0.4, 0.5) is 0 Å². The molecule has 0 aliphatic rings. The summed E-state index contributed by atoms with van der Waals surface area (Å²) < 4.78 is 13.1. The van der Waals surface area contributed by atoms with Crippen molar-refractivity contribution in [2.45, 2.75) is 13.1 Å². The number of nitrogens with zero attached hydrogens (tertiary/aromatic N) is 16. The van der Waals surface area contributed by atoms with Gasteiger partial charge in [-0.3, -0.25) is 4.68 Å². The third-order valence-electron chi connectivity index (χ3n) is 7.58. The van der Waals surface area contributed by atoms with E-state index in [1.807, 2.05) is 55.6 Å². The van der Waals surface area contributed by atoms with E-state index in [0.29, 0.717) is 63.6 Å². The van der Waals surface area contributed by atoms with Crippen LogP contribution in [0, 0.1) is 0 Å². The summed E-state index contributed by atoms with van der Waals surface area (Å²) in [5, 5.41) is 20.5. The predicted octanol–water partition coefficient (Wildman–Crippen LogP) is 6.27. The first kappa shape index (κ1) is 35.1. The third-order valence-corrected chi connectivity index (χ3v) is 8.78. The minimum Gasteiger partial charge on any atom is -0.434 e. The first-order valence-corrected chi connectivity index (χ1v) is 18.3. The number of fused-ring (bicyclic) bond motifs is 2. The molecular formula is C34H23Br3N16O. The monoisotopic (exact) mass is 908 g/mol. The Hall–Kier alpha value is -5.99. The van der Waals surface area contributed by atoms with Crippen molar-refractivity contribution in [1.82, 2.24) is 79.6 Å². The highest BCUT2D eigenvalue weighted by molar-refractivity contribution is 9.11. The van der Waals surface area contributed by atoms with Crippen molar-refractivity contribution in [2.24, 2.45) is 7.05 Å². The van der Waals surface area contributed by atoms with Gasteiger partial charge in [0.2, 0.25) is 22.8 Å². The summed E-state index contributed by atoms with van der Waals surface area (Å²) in [5.74, 6) is 2.24. The number of aromatic nitrogens is 16. The van der Waals surface area contributed by atoms with Crippen LogP contribution in [-0.4, -0.2) is 79.6 Å². The van der Waals surface area contributed by atoms with Crippen molar-refractivity contribution in [3.8, 4) is 34.4 Å². The molecule has 0 fully saturated rings.